The van der Waals surface area contributed by atoms with Crippen molar-refractivity contribution in [3.63, 3.8) is 0 Å². The van der Waals surface area contributed by atoms with E-state index in [4.69, 9.17) is 8.85 Å². The summed E-state index contributed by atoms with van der Waals surface area (Å²) in [5, 5.41) is 1.09. The maximum Gasteiger partial charge on any atom is 0.119 e. The molecule has 17 heavy (non-hydrogen) atoms. The molecule has 0 aliphatic carbocycles. The SMILES string of the molecule is [2H]C([2H])([2H])N(C)[C@@H](C)Cn1ccc2cc(OC)ccc21. The summed E-state index contributed by atoms with van der Waals surface area (Å²) < 4.78 is 29.6. The first-order valence-corrected chi connectivity index (χ1v) is 5.69. The Hall–Kier alpha value is -1.48. The molecule has 0 saturated carbocycles. The van der Waals surface area contributed by atoms with Crippen molar-refractivity contribution in [2.24, 2.45) is 0 Å². The second-order valence-electron chi connectivity index (χ2n) is 4.35. The van der Waals surface area contributed by atoms with E-state index < -0.39 is 6.98 Å². The maximum absolute atomic E-state index is 7.45. The van der Waals surface area contributed by atoms with Crippen molar-refractivity contribution in [3.8, 4) is 5.75 Å². The van der Waals surface area contributed by atoms with Crippen molar-refractivity contribution >= 4 is 10.9 Å². The van der Waals surface area contributed by atoms with E-state index in [9.17, 15) is 0 Å². The molecule has 0 fully saturated rings. The van der Waals surface area contributed by atoms with Crippen LogP contribution >= 0.6 is 0 Å². The molecule has 0 spiro atoms. The summed E-state index contributed by atoms with van der Waals surface area (Å²) in [6.07, 6.45) is 1.98. The molecule has 3 nitrogen and oxygen atoms in total. The first-order chi connectivity index (χ1) is 9.32. The van der Waals surface area contributed by atoms with Gasteiger partial charge < -0.3 is 14.2 Å². The summed E-state index contributed by atoms with van der Waals surface area (Å²) in [5.41, 5.74) is 1.08. The molecule has 1 aromatic carbocycles. The molecule has 92 valence electrons. The highest BCUT2D eigenvalue weighted by atomic mass is 16.5. The summed E-state index contributed by atoms with van der Waals surface area (Å²) >= 11 is 0. The quantitative estimate of drug-likeness (QED) is 0.810. The van der Waals surface area contributed by atoms with E-state index in [1.807, 2.05) is 37.4 Å². The minimum atomic E-state index is -2.06. The molecule has 2 aromatic rings. The predicted octanol–water partition coefficient (Wildman–Crippen LogP) is 2.60. The van der Waals surface area contributed by atoms with E-state index in [1.165, 1.54) is 4.90 Å². The van der Waals surface area contributed by atoms with Crippen molar-refractivity contribution < 1.29 is 8.85 Å². The lowest BCUT2D eigenvalue weighted by Gasteiger charge is -2.20. The molecule has 1 atom stereocenters. The molecule has 2 rings (SSSR count). The van der Waals surface area contributed by atoms with E-state index in [0.717, 1.165) is 16.7 Å². The number of hydrogen-bond acceptors (Lipinski definition) is 2. The van der Waals surface area contributed by atoms with Crippen LogP contribution < -0.4 is 4.74 Å². The van der Waals surface area contributed by atoms with E-state index >= 15 is 0 Å². The smallest absolute Gasteiger partial charge is 0.119 e. The van der Waals surface area contributed by atoms with E-state index in [0.29, 0.717) is 6.54 Å². The van der Waals surface area contributed by atoms with Crippen LogP contribution in [-0.4, -0.2) is 36.6 Å². The standard InChI is InChI=1S/C14H20N2O/c1-11(15(2)3)10-16-8-7-12-9-13(17-4)5-6-14(12)16/h5-9,11H,10H2,1-4H3/t11-/m0/s1/i2D3. The number of aromatic nitrogens is 1. The Labute approximate surface area is 107 Å². The lowest BCUT2D eigenvalue weighted by molar-refractivity contribution is 0.286. The van der Waals surface area contributed by atoms with Gasteiger partial charge in [-0.25, -0.2) is 0 Å². The fourth-order valence-corrected chi connectivity index (χ4v) is 1.87. The number of likely N-dealkylation sites (N-methyl/N-ethyl adjacent to an activating group) is 1. The average molecular weight is 235 g/mol. The van der Waals surface area contributed by atoms with Gasteiger partial charge in [0.05, 0.1) is 7.11 Å². The Bertz CT molecular complexity index is 592. The number of methoxy groups -OCH3 is 1. The van der Waals surface area contributed by atoms with Crippen LogP contribution in [0, 0.1) is 0 Å². The minimum absolute atomic E-state index is 0.0831. The Balaban J connectivity index is 2.22. The predicted molar refractivity (Wildman–Crippen MR) is 71.6 cm³/mol. The molecule has 0 amide bonds. The first-order valence-electron chi connectivity index (χ1n) is 7.19. The Morgan fingerprint density at radius 3 is 3.00 bits per heavy atom. The summed E-state index contributed by atoms with van der Waals surface area (Å²) in [4.78, 5) is 1.42. The van der Waals surface area contributed by atoms with Crippen LogP contribution in [0.25, 0.3) is 10.9 Å². The van der Waals surface area contributed by atoms with E-state index in [-0.39, 0.29) is 6.04 Å². The molecular weight excluding hydrogens is 212 g/mol. The minimum Gasteiger partial charge on any atom is -0.497 e. The largest absolute Gasteiger partial charge is 0.497 e. The average Bonchev–Trinajstić information content (AvgIpc) is 2.79. The topological polar surface area (TPSA) is 17.4 Å². The molecule has 0 N–H and O–H groups in total. The maximum atomic E-state index is 7.45. The molecule has 3 heteroatoms. The lowest BCUT2D eigenvalue weighted by Crippen LogP contribution is -2.28. The van der Waals surface area contributed by atoms with Crippen molar-refractivity contribution in [3.05, 3.63) is 30.5 Å². The van der Waals surface area contributed by atoms with Gasteiger partial charge in [-0.2, -0.15) is 0 Å². The molecule has 0 aliphatic heterocycles. The van der Waals surface area contributed by atoms with Crippen LogP contribution in [0.4, 0.5) is 0 Å². The zero-order valence-electron chi connectivity index (χ0n) is 13.5. The van der Waals surface area contributed by atoms with Crippen LogP contribution in [0.15, 0.2) is 30.5 Å². The van der Waals surface area contributed by atoms with Gasteiger partial charge in [-0.1, -0.05) is 0 Å². The van der Waals surface area contributed by atoms with Gasteiger partial charge in [0, 0.05) is 33.8 Å². The van der Waals surface area contributed by atoms with Gasteiger partial charge in [-0.3, -0.25) is 0 Å². The zero-order chi connectivity index (χ0) is 14.9. The van der Waals surface area contributed by atoms with Crippen LogP contribution in [0.5, 0.6) is 5.75 Å². The monoisotopic (exact) mass is 235 g/mol. The highest BCUT2D eigenvalue weighted by Gasteiger charge is 2.08. The van der Waals surface area contributed by atoms with Gasteiger partial charge >= 0.3 is 0 Å². The third-order valence-corrected chi connectivity index (χ3v) is 3.10. The van der Waals surface area contributed by atoms with Gasteiger partial charge in [0.15, 0.2) is 0 Å². The van der Waals surface area contributed by atoms with Gasteiger partial charge in [0.2, 0.25) is 0 Å². The Morgan fingerprint density at radius 2 is 2.29 bits per heavy atom. The van der Waals surface area contributed by atoms with E-state index in [1.54, 1.807) is 14.2 Å². The summed E-state index contributed by atoms with van der Waals surface area (Å²) in [6.45, 7) is 0.484. The molecule has 0 aliphatic rings. The number of ether oxygens (including phenoxy) is 1. The second-order valence-corrected chi connectivity index (χ2v) is 4.35. The van der Waals surface area contributed by atoms with Gasteiger partial charge in [-0.05, 0) is 45.2 Å². The molecule has 1 heterocycles. The fraction of sp³-hybridized carbons (Fsp3) is 0.429. The van der Waals surface area contributed by atoms with Crippen LogP contribution in [0.1, 0.15) is 11.0 Å². The second kappa shape index (κ2) is 4.80. The van der Waals surface area contributed by atoms with Crippen LogP contribution in [0.2, 0.25) is 0 Å². The Kier molecular flexibility index (Phi) is 2.42. The first kappa shape index (κ1) is 8.59. The van der Waals surface area contributed by atoms with Crippen molar-refractivity contribution in [1.82, 2.24) is 9.47 Å². The molecule has 0 bridgehead atoms. The van der Waals surface area contributed by atoms with Crippen molar-refractivity contribution in [2.45, 2.75) is 19.5 Å². The normalized spacial score (nSPS) is 16.6. The highest BCUT2D eigenvalue weighted by Crippen LogP contribution is 2.22. The van der Waals surface area contributed by atoms with E-state index in [2.05, 4.69) is 4.57 Å². The Morgan fingerprint density at radius 1 is 1.47 bits per heavy atom. The number of rotatable bonds is 4. The highest BCUT2D eigenvalue weighted by molar-refractivity contribution is 5.81. The number of fused-ring (bicyclic) bond motifs is 1. The van der Waals surface area contributed by atoms with Crippen LogP contribution in [0.3, 0.4) is 0 Å². The number of hydrogen-bond donors (Lipinski definition) is 0. The summed E-state index contributed by atoms with van der Waals surface area (Å²) in [6, 6.07) is 7.82. The van der Waals surface area contributed by atoms with Crippen molar-refractivity contribution in [1.29, 1.82) is 0 Å². The van der Waals surface area contributed by atoms with Crippen LogP contribution in [-0.2, 0) is 6.54 Å². The molecular formula is C14H20N2O. The van der Waals surface area contributed by atoms with Gasteiger partial charge in [0.25, 0.3) is 0 Å². The third-order valence-electron chi connectivity index (χ3n) is 3.10. The molecule has 1 aromatic heterocycles. The lowest BCUT2D eigenvalue weighted by atomic mass is 10.2. The number of benzene rings is 1. The van der Waals surface area contributed by atoms with Gasteiger partial charge in [0.1, 0.15) is 5.75 Å². The summed E-state index contributed by atoms with van der Waals surface area (Å²) in [5.74, 6) is 0.822. The molecule has 0 saturated heterocycles. The van der Waals surface area contributed by atoms with Crippen molar-refractivity contribution in [2.75, 3.05) is 21.1 Å². The molecule has 0 unspecified atom stereocenters. The fourth-order valence-electron chi connectivity index (χ4n) is 1.87. The third kappa shape index (κ3) is 2.44. The molecule has 0 radical (unpaired) electrons. The van der Waals surface area contributed by atoms with Gasteiger partial charge in [-0.15, -0.1) is 0 Å². The number of nitrogens with zero attached hydrogens (tertiary/aromatic N) is 2. The summed E-state index contributed by atoms with van der Waals surface area (Å²) in [7, 11) is 3.28. The zero-order valence-corrected chi connectivity index (χ0v) is 10.5.